The van der Waals surface area contributed by atoms with Gasteiger partial charge in [-0.05, 0) is 91.1 Å². The molecule has 14 nitrogen and oxygen atoms in total. The third kappa shape index (κ3) is 16.7. The standard InChI is InChI=1S/C37H53F3N8O6/c1-35(2,3)53-33(50)45-31(46-34(51)54-36(4,5)6)43-19-11-9-7-8-10-12-22-47-24-25-48(32(47)44-30(49)37(38,39)40)23-14-26-52-28-17-15-27(16-18-28)29-41-20-13-21-42-29/h14-18,24-26H,7-13,19-23H2,1-6H3,(H,41,42)(H2,43,45,46,50,51)/b26-14+,44-32?. The molecule has 2 aromatic rings. The van der Waals surface area contributed by atoms with Crippen molar-refractivity contribution in [1.29, 1.82) is 0 Å². The van der Waals surface area contributed by atoms with E-state index in [4.69, 9.17) is 14.2 Å². The Balaban J connectivity index is 1.49. The van der Waals surface area contributed by atoms with Crippen molar-refractivity contribution in [3.8, 4) is 5.75 Å². The zero-order valence-electron chi connectivity index (χ0n) is 31.9. The molecule has 17 heteroatoms. The van der Waals surface area contributed by atoms with Crippen molar-refractivity contribution >= 4 is 29.9 Å². The first kappa shape index (κ1) is 43.3. The molecule has 3 rings (SSSR count). The van der Waals surface area contributed by atoms with Gasteiger partial charge < -0.3 is 28.7 Å². The number of alkyl halides is 3. The Hall–Kier alpha value is -5.09. The van der Waals surface area contributed by atoms with E-state index >= 15 is 0 Å². The number of amides is 3. The Morgan fingerprint density at radius 3 is 2.04 bits per heavy atom. The normalized spacial score (nSPS) is 13.9. The van der Waals surface area contributed by atoms with Crippen molar-refractivity contribution in [2.45, 2.75) is 117 Å². The number of allylic oxidation sites excluding steroid dienone is 1. The first-order valence-corrected chi connectivity index (χ1v) is 18.1. The number of rotatable bonds is 14. The van der Waals surface area contributed by atoms with Crippen LogP contribution < -0.4 is 26.3 Å². The maximum atomic E-state index is 13.1. The van der Waals surface area contributed by atoms with Gasteiger partial charge in [-0.15, -0.1) is 0 Å². The number of aliphatic imine (C=N–C) groups is 2. The summed E-state index contributed by atoms with van der Waals surface area (Å²) >= 11 is 0. The average Bonchev–Trinajstić information content (AvgIpc) is 3.44. The Morgan fingerprint density at radius 2 is 1.46 bits per heavy atom. The molecule has 1 aliphatic heterocycles. The number of imidazole rings is 1. The van der Waals surface area contributed by atoms with Crippen molar-refractivity contribution in [3.63, 3.8) is 0 Å². The molecule has 1 aromatic heterocycles. The molecule has 3 N–H and O–H groups in total. The minimum atomic E-state index is -5.10. The highest BCUT2D eigenvalue weighted by atomic mass is 19.4. The summed E-state index contributed by atoms with van der Waals surface area (Å²) in [5, 5.41) is 8.16. The topological polar surface area (TPSA) is 162 Å². The van der Waals surface area contributed by atoms with Gasteiger partial charge in [0.1, 0.15) is 22.8 Å². The molecule has 54 heavy (non-hydrogen) atoms. The van der Waals surface area contributed by atoms with Crippen LogP contribution >= 0.6 is 0 Å². The van der Waals surface area contributed by atoms with E-state index in [-0.39, 0.29) is 18.1 Å². The third-order valence-corrected chi connectivity index (χ3v) is 7.33. The quantitative estimate of drug-likeness (QED) is 0.0874. The molecule has 0 atom stereocenters. The first-order chi connectivity index (χ1) is 25.4. The molecule has 298 valence electrons. The van der Waals surface area contributed by atoms with Gasteiger partial charge in [-0.3, -0.25) is 25.4 Å². The van der Waals surface area contributed by atoms with Crippen LogP contribution in [-0.2, 0) is 27.4 Å². The third-order valence-electron chi connectivity index (χ3n) is 7.33. The summed E-state index contributed by atoms with van der Waals surface area (Å²) in [6.45, 7) is 12.8. The number of guanidine groups is 1. The van der Waals surface area contributed by atoms with Gasteiger partial charge in [-0.25, -0.2) is 9.59 Å². The zero-order valence-corrected chi connectivity index (χ0v) is 31.9. The van der Waals surface area contributed by atoms with Crippen molar-refractivity contribution in [3.05, 3.63) is 60.2 Å². The van der Waals surface area contributed by atoms with E-state index in [2.05, 4.69) is 30.9 Å². The summed E-state index contributed by atoms with van der Waals surface area (Å²) < 4.78 is 58.6. The predicted molar refractivity (Wildman–Crippen MR) is 198 cm³/mol. The molecule has 0 unspecified atom stereocenters. The molecule has 1 aromatic carbocycles. The lowest BCUT2D eigenvalue weighted by Crippen LogP contribution is -2.47. The van der Waals surface area contributed by atoms with Crippen LogP contribution in [0.3, 0.4) is 0 Å². The molecule has 0 saturated carbocycles. The van der Waals surface area contributed by atoms with Crippen LogP contribution in [0, 0.1) is 0 Å². The number of unbranched alkanes of at least 4 members (excludes halogenated alkanes) is 5. The SMILES string of the molecule is CC(C)(C)OC(=O)NC(=NCCCCCCCCn1ccn(C/C=C/Oc2ccc(C3=NCCCN3)cc2)c1=NC(=O)C(F)(F)F)NC(=O)OC(C)(C)C. The second-order valence-electron chi connectivity index (χ2n) is 14.5. The number of benzene rings is 1. The van der Waals surface area contributed by atoms with E-state index in [1.54, 1.807) is 72.1 Å². The van der Waals surface area contributed by atoms with E-state index in [0.717, 1.165) is 56.6 Å². The minimum absolute atomic E-state index is 0.0794. The molecule has 2 heterocycles. The maximum Gasteiger partial charge on any atom is 0.473 e. The van der Waals surface area contributed by atoms with Crippen LogP contribution in [0.5, 0.6) is 5.75 Å². The fourth-order valence-corrected chi connectivity index (χ4v) is 4.96. The molecule has 0 fully saturated rings. The molecule has 3 amide bonds. The van der Waals surface area contributed by atoms with E-state index in [1.165, 1.54) is 15.4 Å². The van der Waals surface area contributed by atoms with Crippen molar-refractivity contribution in [2.24, 2.45) is 15.0 Å². The van der Waals surface area contributed by atoms with E-state index in [1.807, 2.05) is 12.1 Å². The largest absolute Gasteiger partial charge is 0.473 e. The van der Waals surface area contributed by atoms with Gasteiger partial charge in [0.25, 0.3) is 0 Å². The van der Waals surface area contributed by atoms with Crippen LogP contribution in [0.2, 0.25) is 0 Å². The van der Waals surface area contributed by atoms with Crippen LogP contribution in [0.4, 0.5) is 22.8 Å². The molecule has 0 saturated heterocycles. The average molecular weight is 763 g/mol. The maximum absolute atomic E-state index is 13.1. The molecule has 0 aliphatic carbocycles. The lowest BCUT2D eigenvalue weighted by Gasteiger charge is -2.22. The number of ether oxygens (including phenoxy) is 3. The number of carbonyl (C=O) groups is 3. The number of aryl methyl sites for hydroxylation is 1. The second kappa shape index (κ2) is 20.4. The lowest BCUT2D eigenvalue weighted by molar-refractivity contribution is -0.169. The van der Waals surface area contributed by atoms with Crippen molar-refractivity contribution in [1.82, 2.24) is 25.1 Å². The molecular formula is C37H53F3N8O6. The summed E-state index contributed by atoms with van der Waals surface area (Å²) in [7, 11) is 0. The highest BCUT2D eigenvalue weighted by molar-refractivity contribution is 6.01. The molecule has 0 radical (unpaired) electrons. The highest BCUT2D eigenvalue weighted by Gasteiger charge is 2.38. The van der Waals surface area contributed by atoms with Gasteiger partial charge in [0.05, 0.1) is 6.26 Å². The zero-order chi connectivity index (χ0) is 39.8. The van der Waals surface area contributed by atoms with E-state index in [0.29, 0.717) is 31.7 Å². The monoisotopic (exact) mass is 762 g/mol. The number of hydrogen-bond donors (Lipinski definition) is 3. The molecule has 0 bridgehead atoms. The molecular weight excluding hydrogens is 709 g/mol. The van der Waals surface area contributed by atoms with Gasteiger partial charge in [-0.2, -0.15) is 18.2 Å². The lowest BCUT2D eigenvalue weighted by atomic mass is 10.1. The van der Waals surface area contributed by atoms with Crippen molar-refractivity contribution in [2.75, 3.05) is 19.6 Å². The number of alkyl carbamates (subject to hydrolysis) is 2. The number of nitrogens with one attached hydrogen (secondary N) is 3. The van der Waals surface area contributed by atoms with Crippen LogP contribution in [0.1, 0.15) is 92.1 Å². The number of carbonyl (C=O) groups excluding carboxylic acids is 3. The fraction of sp³-hybridized carbons (Fsp3) is 0.568. The molecule has 1 aliphatic rings. The summed E-state index contributed by atoms with van der Waals surface area (Å²) in [5.41, 5.74) is -0.653. The van der Waals surface area contributed by atoms with Gasteiger partial charge in [0, 0.05) is 50.7 Å². The number of amidine groups is 1. The van der Waals surface area contributed by atoms with Crippen LogP contribution in [-0.4, -0.2) is 76.0 Å². The smallest absolute Gasteiger partial charge is 0.465 e. The number of hydrogen-bond acceptors (Lipinski definition) is 9. The fourth-order valence-electron chi connectivity index (χ4n) is 4.96. The number of halogens is 3. The Kier molecular flexibility index (Phi) is 16.4. The molecule has 0 spiro atoms. The van der Waals surface area contributed by atoms with Gasteiger partial charge in [0.2, 0.25) is 11.6 Å². The van der Waals surface area contributed by atoms with E-state index < -0.39 is 35.5 Å². The summed E-state index contributed by atoms with van der Waals surface area (Å²) in [4.78, 5) is 48.5. The van der Waals surface area contributed by atoms with Crippen LogP contribution in [0.15, 0.2) is 64.0 Å². The Morgan fingerprint density at radius 1 is 0.870 bits per heavy atom. The van der Waals surface area contributed by atoms with Gasteiger partial charge in [-0.1, -0.05) is 25.7 Å². The minimum Gasteiger partial charge on any atom is -0.465 e. The van der Waals surface area contributed by atoms with Crippen molar-refractivity contribution < 1.29 is 41.8 Å². The second-order valence-corrected chi connectivity index (χ2v) is 14.5. The highest BCUT2D eigenvalue weighted by Crippen LogP contribution is 2.17. The van der Waals surface area contributed by atoms with E-state index in [9.17, 15) is 27.6 Å². The summed E-state index contributed by atoms with van der Waals surface area (Å²) in [6, 6.07) is 7.38. The van der Waals surface area contributed by atoms with Gasteiger partial charge >= 0.3 is 24.3 Å². The predicted octanol–water partition coefficient (Wildman–Crippen LogP) is 6.36. The van der Waals surface area contributed by atoms with Crippen LogP contribution in [0.25, 0.3) is 0 Å². The number of nitrogens with zero attached hydrogens (tertiary/aromatic N) is 5. The number of aromatic nitrogens is 2. The summed E-state index contributed by atoms with van der Waals surface area (Å²) in [5.74, 6) is -0.839. The summed E-state index contributed by atoms with van der Waals surface area (Å²) in [6.07, 6.45) is 5.22. The van der Waals surface area contributed by atoms with Gasteiger partial charge in [0.15, 0.2) is 0 Å². The Labute approximate surface area is 314 Å². The Bertz CT molecular complexity index is 1670. The first-order valence-electron chi connectivity index (χ1n) is 18.1.